The molecule has 1 aromatic carbocycles. The van der Waals surface area contributed by atoms with Crippen molar-refractivity contribution in [3.8, 4) is 6.07 Å². The Labute approximate surface area is 90.9 Å². The quantitative estimate of drug-likeness (QED) is 0.781. The molecule has 1 aromatic heterocycles. The topological polar surface area (TPSA) is 41.6 Å². The number of nitrogens with zero attached hydrogens (tertiary/aromatic N) is 3. The Kier molecular flexibility index (Phi) is 2.57. The molecule has 0 unspecified atom stereocenters. The Balaban J connectivity index is 2.59. The number of aromatic nitrogens is 2. The molecule has 2 aromatic rings. The first-order chi connectivity index (χ1) is 7.63. The van der Waals surface area contributed by atoms with E-state index >= 15 is 0 Å². The summed E-state index contributed by atoms with van der Waals surface area (Å²) in [6.45, 7) is 1.39. The highest BCUT2D eigenvalue weighted by atomic mass is 19.3. The highest BCUT2D eigenvalue weighted by Gasteiger charge is 2.11. The fourth-order valence-corrected chi connectivity index (χ4v) is 1.69. The van der Waals surface area contributed by atoms with Crippen LogP contribution in [0.1, 0.15) is 11.1 Å². The van der Waals surface area contributed by atoms with Crippen LogP contribution in [0.25, 0.3) is 11.0 Å². The Bertz CT molecular complexity index is 566. The molecule has 0 bridgehead atoms. The van der Waals surface area contributed by atoms with Crippen LogP contribution in [0, 0.1) is 18.3 Å². The maximum Gasteiger partial charge on any atom is 0.256 e. The summed E-state index contributed by atoms with van der Waals surface area (Å²) in [5.74, 6) is 0. The number of rotatable bonds is 2. The van der Waals surface area contributed by atoms with E-state index in [-0.39, 0.29) is 6.54 Å². The molecular weight excluding hydrogens is 212 g/mol. The lowest BCUT2D eigenvalue weighted by Crippen LogP contribution is -2.04. The van der Waals surface area contributed by atoms with Gasteiger partial charge in [0.2, 0.25) is 0 Å². The van der Waals surface area contributed by atoms with Gasteiger partial charge in [-0.1, -0.05) is 0 Å². The van der Waals surface area contributed by atoms with E-state index in [9.17, 15) is 8.78 Å². The number of fused-ring (bicyclic) bond motifs is 1. The van der Waals surface area contributed by atoms with Crippen LogP contribution in [0.5, 0.6) is 0 Å². The summed E-state index contributed by atoms with van der Waals surface area (Å²) in [5, 5.41) is 8.83. The van der Waals surface area contributed by atoms with Crippen LogP contribution in [-0.2, 0) is 6.54 Å². The molecule has 0 spiro atoms. The molecule has 0 radical (unpaired) electrons. The van der Waals surface area contributed by atoms with Crippen molar-refractivity contribution in [2.45, 2.75) is 19.9 Å². The van der Waals surface area contributed by atoms with Crippen LogP contribution in [0.2, 0.25) is 0 Å². The Morgan fingerprint density at radius 2 is 2.25 bits per heavy atom. The van der Waals surface area contributed by atoms with Gasteiger partial charge in [-0.15, -0.1) is 0 Å². The van der Waals surface area contributed by atoms with E-state index in [0.29, 0.717) is 16.6 Å². The van der Waals surface area contributed by atoms with E-state index in [0.717, 1.165) is 5.56 Å². The first-order valence-corrected chi connectivity index (χ1v) is 4.76. The minimum atomic E-state index is -2.41. The maximum absolute atomic E-state index is 12.3. The summed E-state index contributed by atoms with van der Waals surface area (Å²) in [6.07, 6.45) is -1.03. The van der Waals surface area contributed by atoms with Crippen LogP contribution in [0.3, 0.4) is 0 Å². The SMILES string of the molecule is Cc1c(C#N)ccc2c1ncn2CC(F)F. The standard InChI is InChI=1S/C11H9F2N3/c1-7-8(4-14)2-3-9-11(7)15-6-16(9)5-10(12)13/h2-3,6,10H,5H2,1H3. The highest BCUT2D eigenvalue weighted by Crippen LogP contribution is 2.20. The molecule has 0 aliphatic rings. The lowest BCUT2D eigenvalue weighted by Gasteiger charge is -2.03. The van der Waals surface area contributed by atoms with Gasteiger partial charge in [0, 0.05) is 0 Å². The van der Waals surface area contributed by atoms with Crippen molar-refractivity contribution in [2.24, 2.45) is 0 Å². The second-order valence-electron chi connectivity index (χ2n) is 3.51. The largest absolute Gasteiger partial charge is 0.325 e. The summed E-state index contributed by atoms with van der Waals surface area (Å²) < 4.78 is 25.9. The summed E-state index contributed by atoms with van der Waals surface area (Å²) in [7, 11) is 0. The monoisotopic (exact) mass is 221 g/mol. The third kappa shape index (κ3) is 1.63. The van der Waals surface area contributed by atoms with E-state index < -0.39 is 6.43 Å². The number of hydrogen-bond acceptors (Lipinski definition) is 2. The first-order valence-electron chi connectivity index (χ1n) is 4.76. The smallest absolute Gasteiger partial charge is 0.256 e. The van der Waals surface area contributed by atoms with Gasteiger partial charge in [-0.3, -0.25) is 0 Å². The molecule has 0 aliphatic heterocycles. The van der Waals surface area contributed by atoms with Crippen LogP contribution in [-0.4, -0.2) is 16.0 Å². The number of hydrogen-bond donors (Lipinski definition) is 0. The molecule has 2 rings (SSSR count). The number of alkyl halides is 2. The van der Waals surface area contributed by atoms with Crippen LogP contribution < -0.4 is 0 Å². The maximum atomic E-state index is 12.3. The molecule has 3 nitrogen and oxygen atoms in total. The van der Waals surface area contributed by atoms with E-state index in [1.165, 1.54) is 10.9 Å². The third-order valence-corrected chi connectivity index (χ3v) is 2.50. The van der Waals surface area contributed by atoms with Gasteiger partial charge in [-0.2, -0.15) is 5.26 Å². The molecule has 0 atom stereocenters. The molecule has 82 valence electrons. The second kappa shape index (κ2) is 3.89. The van der Waals surface area contributed by atoms with Gasteiger partial charge >= 0.3 is 0 Å². The molecule has 0 amide bonds. The van der Waals surface area contributed by atoms with Gasteiger partial charge in [0.15, 0.2) is 0 Å². The summed E-state index contributed by atoms with van der Waals surface area (Å²) in [5.41, 5.74) is 2.50. The molecule has 0 aliphatic carbocycles. The Morgan fingerprint density at radius 1 is 1.50 bits per heavy atom. The van der Waals surface area contributed by atoms with E-state index in [2.05, 4.69) is 4.98 Å². The zero-order valence-corrected chi connectivity index (χ0v) is 8.61. The van der Waals surface area contributed by atoms with Crippen molar-refractivity contribution in [1.82, 2.24) is 9.55 Å². The number of halogens is 2. The van der Waals surface area contributed by atoms with Crippen molar-refractivity contribution >= 4 is 11.0 Å². The third-order valence-electron chi connectivity index (χ3n) is 2.50. The summed E-state index contributed by atoms with van der Waals surface area (Å²) in [6, 6.07) is 5.32. The van der Waals surface area contributed by atoms with Crippen molar-refractivity contribution in [3.05, 3.63) is 29.6 Å². The average molecular weight is 221 g/mol. The van der Waals surface area contributed by atoms with Gasteiger partial charge in [0.1, 0.15) is 0 Å². The zero-order valence-electron chi connectivity index (χ0n) is 8.61. The van der Waals surface area contributed by atoms with Crippen molar-refractivity contribution in [2.75, 3.05) is 0 Å². The predicted molar refractivity (Wildman–Crippen MR) is 55.2 cm³/mol. The van der Waals surface area contributed by atoms with E-state index in [1.54, 1.807) is 19.1 Å². The van der Waals surface area contributed by atoms with Crippen LogP contribution >= 0.6 is 0 Å². The van der Waals surface area contributed by atoms with Crippen molar-refractivity contribution in [1.29, 1.82) is 5.26 Å². The average Bonchev–Trinajstić information content (AvgIpc) is 2.62. The number of imidazole rings is 1. The lowest BCUT2D eigenvalue weighted by atomic mass is 10.1. The molecule has 1 heterocycles. The molecule has 0 saturated carbocycles. The molecule has 0 fully saturated rings. The molecule has 0 saturated heterocycles. The Hall–Kier alpha value is -1.96. The predicted octanol–water partition coefficient (Wildman–Crippen LogP) is 2.48. The molecule has 0 N–H and O–H groups in total. The highest BCUT2D eigenvalue weighted by molar-refractivity contribution is 5.81. The van der Waals surface area contributed by atoms with E-state index in [1.807, 2.05) is 6.07 Å². The molecular formula is C11H9F2N3. The number of benzene rings is 1. The minimum Gasteiger partial charge on any atom is -0.325 e. The second-order valence-corrected chi connectivity index (χ2v) is 3.51. The zero-order chi connectivity index (χ0) is 11.7. The minimum absolute atomic E-state index is 0.373. The van der Waals surface area contributed by atoms with Crippen LogP contribution in [0.4, 0.5) is 8.78 Å². The van der Waals surface area contributed by atoms with Gasteiger partial charge in [0.25, 0.3) is 6.43 Å². The fraction of sp³-hybridized carbons (Fsp3) is 0.273. The lowest BCUT2D eigenvalue weighted by molar-refractivity contribution is 0.128. The normalized spacial score (nSPS) is 10.9. The van der Waals surface area contributed by atoms with Crippen LogP contribution in [0.15, 0.2) is 18.5 Å². The van der Waals surface area contributed by atoms with Gasteiger partial charge in [-0.05, 0) is 24.6 Å². The van der Waals surface area contributed by atoms with Crippen molar-refractivity contribution < 1.29 is 8.78 Å². The van der Waals surface area contributed by atoms with Crippen molar-refractivity contribution in [3.63, 3.8) is 0 Å². The van der Waals surface area contributed by atoms with Gasteiger partial charge in [0.05, 0.1) is 35.5 Å². The van der Waals surface area contributed by atoms with Gasteiger partial charge < -0.3 is 4.57 Å². The first kappa shape index (κ1) is 10.6. The summed E-state index contributed by atoms with van der Waals surface area (Å²) in [4.78, 5) is 4.06. The fourth-order valence-electron chi connectivity index (χ4n) is 1.69. The molecule has 5 heteroatoms. The summed E-state index contributed by atoms with van der Waals surface area (Å²) >= 11 is 0. The number of aryl methyl sites for hydroxylation is 1. The Morgan fingerprint density at radius 3 is 2.88 bits per heavy atom. The van der Waals surface area contributed by atoms with E-state index in [4.69, 9.17) is 5.26 Å². The number of nitriles is 1. The molecule has 16 heavy (non-hydrogen) atoms. The van der Waals surface area contributed by atoms with Gasteiger partial charge in [-0.25, -0.2) is 13.8 Å².